The minimum Gasteiger partial charge on any atom is -0.388 e. The third kappa shape index (κ3) is 7.53. The molecule has 0 heterocycles. The lowest BCUT2D eigenvalue weighted by atomic mass is 10.1. The van der Waals surface area contributed by atoms with Gasteiger partial charge >= 0.3 is 0 Å². The fourth-order valence-electron chi connectivity index (χ4n) is 2.42. The van der Waals surface area contributed by atoms with Crippen LogP contribution >= 0.6 is 24.0 Å². The van der Waals surface area contributed by atoms with E-state index in [0.29, 0.717) is 31.0 Å². The molecular formula is C20H24FIN4O. The van der Waals surface area contributed by atoms with E-state index in [1.807, 2.05) is 43.3 Å². The average molecular weight is 482 g/mol. The molecule has 2 aromatic carbocycles. The maximum absolute atomic E-state index is 13.9. The second-order valence-corrected chi connectivity index (χ2v) is 5.76. The van der Waals surface area contributed by atoms with E-state index in [-0.39, 0.29) is 36.1 Å². The van der Waals surface area contributed by atoms with Gasteiger partial charge in [-0.3, -0.25) is 0 Å². The van der Waals surface area contributed by atoms with Gasteiger partial charge in [0, 0.05) is 18.7 Å². The minimum atomic E-state index is -0.553. The van der Waals surface area contributed by atoms with Crippen molar-refractivity contribution in [2.24, 2.45) is 4.99 Å². The number of benzene rings is 2. The third-order valence-corrected chi connectivity index (χ3v) is 3.83. The lowest BCUT2D eigenvalue weighted by molar-refractivity contribution is 0.168. The molecule has 0 aromatic heterocycles. The largest absolute Gasteiger partial charge is 0.388 e. The summed E-state index contributed by atoms with van der Waals surface area (Å²) in [6.45, 7) is 3.30. The van der Waals surface area contributed by atoms with Crippen molar-refractivity contribution in [1.29, 1.82) is 5.26 Å². The van der Waals surface area contributed by atoms with Crippen molar-refractivity contribution in [2.75, 3.05) is 13.1 Å². The second-order valence-electron chi connectivity index (χ2n) is 5.76. The molecule has 0 spiro atoms. The van der Waals surface area contributed by atoms with Crippen molar-refractivity contribution in [3.05, 3.63) is 71.0 Å². The van der Waals surface area contributed by atoms with Crippen LogP contribution in [-0.2, 0) is 6.54 Å². The number of nitrogens with zero attached hydrogens (tertiary/aromatic N) is 2. The van der Waals surface area contributed by atoms with Crippen LogP contribution in [0.1, 0.15) is 36.1 Å². The van der Waals surface area contributed by atoms with Crippen molar-refractivity contribution >= 4 is 29.9 Å². The zero-order chi connectivity index (χ0) is 18.8. The summed E-state index contributed by atoms with van der Waals surface area (Å²) in [5.74, 6) is 0.111. The molecular weight excluding hydrogens is 458 g/mol. The van der Waals surface area contributed by atoms with Gasteiger partial charge in [0.1, 0.15) is 5.82 Å². The van der Waals surface area contributed by atoms with Crippen LogP contribution in [-0.4, -0.2) is 24.2 Å². The van der Waals surface area contributed by atoms with E-state index in [1.54, 1.807) is 12.1 Å². The summed E-state index contributed by atoms with van der Waals surface area (Å²) in [6, 6.07) is 15.7. The Morgan fingerprint density at radius 3 is 2.59 bits per heavy atom. The molecule has 0 saturated carbocycles. The Labute approximate surface area is 176 Å². The van der Waals surface area contributed by atoms with E-state index >= 15 is 0 Å². The van der Waals surface area contributed by atoms with Crippen LogP contribution < -0.4 is 10.6 Å². The van der Waals surface area contributed by atoms with Gasteiger partial charge in [0.2, 0.25) is 0 Å². The van der Waals surface area contributed by atoms with Gasteiger partial charge < -0.3 is 15.7 Å². The van der Waals surface area contributed by atoms with Gasteiger partial charge in [0.05, 0.1) is 24.3 Å². The van der Waals surface area contributed by atoms with E-state index in [0.717, 1.165) is 5.56 Å². The molecule has 5 nitrogen and oxygen atoms in total. The SMILES string of the molecule is CCNC(=NCc1ccc(C#N)cc1F)NCCC(O)c1ccccc1.I. The Balaban J connectivity index is 0.00000364. The van der Waals surface area contributed by atoms with Gasteiger partial charge in [-0.2, -0.15) is 5.26 Å². The van der Waals surface area contributed by atoms with Crippen molar-refractivity contribution in [3.63, 3.8) is 0 Å². The van der Waals surface area contributed by atoms with Crippen molar-refractivity contribution in [1.82, 2.24) is 10.6 Å². The highest BCUT2D eigenvalue weighted by Gasteiger charge is 2.08. The minimum absolute atomic E-state index is 0. The first-order chi connectivity index (χ1) is 12.6. The number of aliphatic hydroxyl groups is 1. The summed E-state index contributed by atoms with van der Waals surface area (Å²) < 4.78 is 13.9. The first-order valence-corrected chi connectivity index (χ1v) is 8.57. The summed E-state index contributed by atoms with van der Waals surface area (Å²) in [7, 11) is 0. The normalized spacial score (nSPS) is 11.9. The number of nitrogens with one attached hydrogen (secondary N) is 2. The predicted octanol–water partition coefficient (Wildman–Crippen LogP) is 3.49. The van der Waals surface area contributed by atoms with Crippen LogP contribution in [0.15, 0.2) is 53.5 Å². The molecule has 0 amide bonds. The zero-order valence-corrected chi connectivity index (χ0v) is 17.5. The third-order valence-electron chi connectivity index (χ3n) is 3.83. The van der Waals surface area contributed by atoms with Gasteiger partial charge in [0.15, 0.2) is 5.96 Å². The molecule has 3 N–H and O–H groups in total. The Bertz CT molecular complexity index is 777. The van der Waals surface area contributed by atoms with E-state index in [9.17, 15) is 9.50 Å². The van der Waals surface area contributed by atoms with Crippen molar-refractivity contribution in [3.8, 4) is 6.07 Å². The number of hydrogen-bond donors (Lipinski definition) is 3. The Morgan fingerprint density at radius 2 is 1.96 bits per heavy atom. The molecule has 0 saturated heterocycles. The molecule has 7 heteroatoms. The number of rotatable bonds is 7. The summed E-state index contributed by atoms with van der Waals surface area (Å²) >= 11 is 0. The van der Waals surface area contributed by atoms with Crippen LogP contribution in [0.3, 0.4) is 0 Å². The number of nitriles is 1. The van der Waals surface area contributed by atoms with Gasteiger partial charge in [-0.15, -0.1) is 24.0 Å². The second kappa shape index (κ2) is 12.3. The highest BCUT2D eigenvalue weighted by atomic mass is 127. The molecule has 1 unspecified atom stereocenters. The lowest BCUT2D eigenvalue weighted by Crippen LogP contribution is -2.38. The van der Waals surface area contributed by atoms with E-state index in [1.165, 1.54) is 6.07 Å². The zero-order valence-electron chi connectivity index (χ0n) is 15.2. The predicted molar refractivity (Wildman–Crippen MR) is 115 cm³/mol. The Hall–Kier alpha value is -2.18. The van der Waals surface area contributed by atoms with Gasteiger partial charge in [-0.25, -0.2) is 9.38 Å². The molecule has 2 rings (SSSR count). The van der Waals surface area contributed by atoms with Crippen molar-refractivity contribution < 1.29 is 9.50 Å². The number of halogens is 2. The summed E-state index contributed by atoms with van der Waals surface area (Å²) in [5, 5.41) is 25.2. The first-order valence-electron chi connectivity index (χ1n) is 8.57. The average Bonchev–Trinajstić information content (AvgIpc) is 2.67. The molecule has 0 radical (unpaired) electrons. The topological polar surface area (TPSA) is 80.4 Å². The fourth-order valence-corrected chi connectivity index (χ4v) is 2.42. The first kappa shape index (κ1) is 22.9. The Kier molecular flexibility index (Phi) is 10.4. The van der Waals surface area contributed by atoms with E-state index in [4.69, 9.17) is 5.26 Å². The highest BCUT2D eigenvalue weighted by Crippen LogP contribution is 2.15. The molecule has 0 fully saturated rings. The smallest absolute Gasteiger partial charge is 0.191 e. The monoisotopic (exact) mass is 482 g/mol. The highest BCUT2D eigenvalue weighted by molar-refractivity contribution is 14.0. The molecule has 1 atom stereocenters. The number of guanidine groups is 1. The summed E-state index contributed by atoms with van der Waals surface area (Å²) in [6.07, 6.45) is -0.0258. The fraction of sp³-hybridized carbons (Fsp3) is 0.300. The number of aliphatic hydroxyl groups excluding tert-OH is 1. The molecule has 144 valence electrons. The molecule has 0 bridgehead atoms. The Morgan fingerprint density at radius 1 is 1.22 bits per heavy atom. The van der Waals surface area contributed by atoms with Crippen LogP contribution in [0, 0.1) is 17.1 Å². The van der Waals surface area contributed by atoms with Crippen LogP contribution in [0.25, 0.3) is 0 Å². The van der Waals surface area contributed by atoms with Crippen molar-refractivity contribution in [2.45, 2.75) is 26.0 Å². The molecule has 2 aromatic rings. The molecule has 0 aliphatic rings. The maximum Gasteiger partial charge on any atom is 0.191 e. The standard InChI is InChI=1S/C20H23FN4O.HI/c1-2-23-20(24-11-10-19(26)16-6-4-3-5-7-16)25-14-17-9-8-15(13-22)12-18(17)21;/h3-9,12,19,26H,2,10-11,14H2,1H3,(H2,23,24,25);1H. The number of hydrogen-bond acceptors (Lipinski definition) is 3. The van der Waals surface area contributed by atoms with Crippen LogP contribution in [0.4, 0.5) is 4.39 Å². The quantitative estimate of drug-likeness (QED) is 0.321. The molecule has 0 aliphatic carbocycles. The van der Waals surface area contributed by atoms with Gasteiger partial charge in [-0.05, 0) is 31.0 Å². The number of aliphatic imine (C=N–C) groups is 1. The van der Waals surface area contributed by atoms with Crippen LogP contribution in [0.5, 0.6) is 0 Å². The van der Waals surface area contributed by atoms with Gasteiger partial charge in [0.25, 0.3) is 0 Å². The van der Waals surface area contributed by atoms with E-state index < -0.39 is 11.9 Å². The maximum atomic E-state index is 13.9. The van der Waals surface area contributed by atoms with Gasteiger partial charge in [-0.1, -0.05) is 36.4 Å². The molecule has 27 heavy (non-hydrogen) atoms. The summed E-state index contributed by atoms with van der Waals surface area (Å²) in [4.78, 5) is 4.36. The summed E-state index contributed by atoms with van der Waals surface area (Å²) in [5.41, 5.74) is 1.58. The molecule has 0 aliphatic heterocycles. The van der Waals surface area contributed by atoms with E-state index in [2.05, 4.69) is 15.6 Å². The lowest BCUT2D eigenvalue weighted by Gasteiger charge is -2.14. The van der Waals surface area contributed by atoms with Crippen LogP contribution in [0.2, 0.25) is 0 Å².